The highest BCUT2D eigenvalue weighted by molar-refractivity contribution is 7.14. The molecule has 0 bridgehead atoms. The Morgan fingerprint density at radius 1 is 1.27 bits per heavy atom. The van der Waals surface area contributed by atoms with Crippen LogP contribution in [0.2, 0.25) is 0 Å². The molecule has 1 unspecified atom stereocenters. The number of nitrogens with zero attached hydrogens (tertiary/aromatic N) is 3. The van der Waals surface area contributed by atoms with Gasteiger partial charge < -0.3 is 9.42 Å². The molecule has 0 spiro atoms. The first-order valence-corrected chi connectivity index (χ1v) is 10.8. The van der Waals surface area contributed by atoms with E-state index in [0.717, 1.165) is 17.7 Å². The molecule has 0 aliphatic carbocycles. The molecule has 1 aliphatic rings. The number of amides is 1. The Labute approximate surface area is 177 Å². The number of carbonyl (C=O) groups excluding carboxylic acids is 2. The lowest BCUT2D eigenvalue weighted by Crippen LogP contribution is -2.39. The zero-order chi connectivity index (χ0) is 21.1. The van der Waals surface area contributed by atoms with Crippen molar-refractivity contribution in [2.45, 2.75) is 38.5 Å². The van der Waals surface area contributed by atoms with Crippen molar-refractivity contribution >= 4 is 23.0 Å². The summed E-state index contributed by atoms with van der Waals surface area (Å²) in [5.41, 5.74) is 0.552. The normalized spacial score (nSPS) is 16.6. The van der Waals surface area contributed by atoms with E-state index in [4.69, 9.17) is 4.52 Å². The molecule has 1 aromatic carbocycles. The van der Waals surface area contributed by atoms with E-state index >= 15 is 0 Å². The molecule has 1 fully saturated rings. The van der Waals surface area contributed by atoms with Gasteiger partial charge in [-0.1, -0.05) is 17.3 Å². The second kappa shape index (κ2) is 8.87. The fourth-order valence-corrected chi connectivity index (χ4v) is 4.47. The Morgan fingerprint density at radius 2 is 2.13 bits per heavy atom. The quantitative estimate of drug-likeness (QED) is 0.537. The first-order valence-electron chi connectivity index (χ1n) is 9.96. The van der Waals surface area contributed by atoms with Crippen LogP contribution >= 0.6 is 11.3 Å². The average molecular weight is 428 g/mol. The van der Waals surface area contributed by atoms with Crippen LogP contribution in [-0.2, 0) is 4.79 Å². The molecule has 0 N–H and O–H groups in total. The van der Waals surface area contributed by atoms with Gasteiger partial charge in [0.15, 0.2) is 5.78 Å². The summed E-state index contributed by atoms with van der Waals surface area (Å²) in [4.78, 5) is 32.9. The van der Waals surface area contributed by atoms with E-state index in [1.54, 1.807) is 17.0 Å². The van der Waals surface area contributed by atoms with E-state index in [-0.39, 0.29) is 36.3 Å². The van der Waals surface area contributed by atoms with Crippen molar-refractivity contribution in [1.82, 2.24) is 15.0 Å². The summed E-state index contributed by atoms with van der Waals surface area (Å²) < 4.78 is 18.9. The Morgan fingerprint density at radius 3 is 2.90 bits per heavy atom. The highest BCUT2D eigenvalue weighted by Gasteiger charge is 2.29. The SMILES string of the molecule is Cc1ccc(C(=O)CCC(=O)N2CCCC(c3nc(-c4cccc(F)c4)no3)C2)s1. The number of halogens is 1. The van der Waals surface area contributed by atoms with Crippen LogP contribution in [0.5, 0.6) is 0 Å². The first kappa shape index (κ1) is 20.4. The lowest BCUT2D eigenvalue weighted by atomic mass is 9.97. The van der Waals surface area contributed by atoms with Gasteiger partial charge in [0.2, 0.25) is 17.6 Å². The van der Waals surface area contributed by atoms with Gasteiger partial charge in [0.1, 0.15) is 5.82 Å². The highest BCUT2D eigenvalue weighted by atomic mass is 32.1. The maximum absolute atomic E-state index is 13.4. The van der Waals surface area contributed by atoms with Crippen LogP contribution in [0.1, 0.15) is 52.0 Å². The number of Topliss-reactive ketones (excluding diaryl/α,β-unsaturated/α-hetero) is 1. The monoisotopic (exact) mass is 427 g/mol. The maximum Gasteiger partial charge on any atom is 0.231 e. The molecule has 1 aliphatic heterocycles. The second-order valence-corrected chi connectivity index (χ2v) is 8.77. The van der Waals surface area contributed by atoms with Crippen LogP contribution in [0.3, 0.4) is 0 Å². The summed E-state index contributed by atoms with van der Waals surface area (Å²) in [5.74, 6) is 0.341. The van der Waals surface area contributed by atoms with Crippen molar-refractivity contribution in [3.8, 4) is 11.4 Å². The van der Waals surface area contributed by atoms with Gasteiger partial charge in [-0.15, -0.1) is 11.3 Å². The van der Waals surface area contributed by atoms with Gasteiger partial charge in [0, 0.05) is 36.4 Å². The van der Waals surface area contributed by atoms with Crippen molar-refractivity contribution in [2.75, 3.05) is 13.1 Å². The summed E-state index contributed by atoms with van der Waals surface area (Å²) in [6, 6.07) is 9.77. The fraction of sp³-hybridized carbons (Fsp3) is 0.364. The molecule has 3 heterocycles. The first-order chi connectivity index (χ1) is 14.5. The minimum Gasteiger partial charge on any atom is -0.342 e. The summed E-state index contributed by atoms with van der Waals surface area (Å²) in [5, 5.41) is 3.97. The minimum absolute atomic E-state index is 0.00615. The van der Waals surface area contributed by atoms with E-state index in [9.17, 15) is 14.0 Å². The van der Waals surface area contributed by atoms with Gasteiger partial charge in [0.05, 0.1) is 10.8 Å². The third-order valence-corrected chi connectivity index (χ3v) is 6.27. The highest BCUT2D eigenvalue weighted by Crippen LogP contribution is 2.28. The maximum atomic E-state index is 13.4. The number of hydrogen-bond donors (Lipinski definition) is 0. The number of aromatic nitrogens is 2. The van der Waals surface area contributed by atoms with E-state index in [0.29, 0.717) is 35.2 Å². The van der Waals surface area contributed by atoms with Gasteiger partial charge in [-0.25, -0.2) is 4.39 Å². The third-order valence-electron chi connectivity index (χ3n) is 5.23. The molecule has 1 atom stereocenters. The Kier molecular flexibility index (Phi) is 6.03. The van der Waals surface area contributed by atoms with Crippen LogP contribution in [0.15, 0.2) is 40.9 Å². The van der Waals surface area contributed by atoms with Crippen molar-refractivity contribution in [3.05, 3.63) is 57.9 Å². The van der Waals surface area contributed by atoms with Gasteiger partial charge in [-0.3, -0.25) is 9.59 Å². The van der Waals surface area contributed by atoms with Crippen LogP contribution in [0.4, 0.5) is 4.39 Å². The topological polar surface area (TPSA) is 76.3 Å². The van der Waals surface area contributed by atoms with Crippen LogP contribution < -0.4 is 0 Å². The molecular formula is C22H22FN3O3S. The molecule has 1 saturated heterocycles. The number of thiophene rings is 1. The number of carbonyl (C=O) groups is 2. The number of piperidine rings is 1. The van der Waals surface area contributed by atoms with E-state index in [1.165, 1.54) is 23.5 Å². The Bertz CT molecular complexity index is 1060. The molecule has 30 heavy (non-hydrogen) atoms. The van der Waals surface area contributed by atoms with Crippen LogP contribution in [-0.4, -0.2) is 39.8 Å². The van der Waals surface area contributed by atoms with Crippen molar-refractivity contribution in [1.29, 1.82) is 0 Å². The molecule has 0 radical (unpaired) electrons. The summed E-state index contributed by atoms with van der Waals surface area (Å²) in [6.07, 6.45) is 2.07. The van der Waals surface area contributed by atoms with Crippen molar-refractivity contribution in [3.63, 3.8) is 0 Å². The lowest BCUT2D eigenvalue weighted by Gasteiger charge is -2.31. The number of ketones is 1. The van der Waals surface area contributed by atoms with Gasteiger partial charge in [-0.05, 0) is 44.0 Å². The predicted octanol–water partition coefficient (Wildman–Crippen LogP) is 4.61. The molecule has 1 amide bonds. The number of rotatable bonds is 6. The number of hydrogen-bond acceptors (Lipinski definition) is 6. The molecular weight excluding hydrogens is 405 g/mol. The van der Waals surface area contributed by atoms with E-state index in [1.807, 2.05) is 19.1 Å². The molecule has 156 valence electrons. The second-order valence-electron chi connectivity index (χ2n) is 7.48. The number of likely N-dealkylation sites (tertiary alicyclic amines) is 1. The standard InChI is InChI=1S/C22H22FN3O3S/c1-14-7-9-19(30-14)18(27)8-10-20(28)26-11-3-5-16(13-26)22-24-21(25-29-22)15-4-2-6-17(23)12-15/h2,4,6-7,9,12,16H,3,5,8,10-11,13H2,1H3. The summed E-state index contributed by atoms with van der Waals surface area (Å²) in [7, 11) is 0. The molecule has 3 aromatic rings. The number of benzene rings is 1. The summed E-state index contributed by atoms with van der Waals surface area (Å²) >= 11 is 1.46. The van der Waals surface area contributed by atoms with Crippen LogP contribution in [0, 0.1) is 12.7 Å². The third kappa shape index (κ3) is 4.64. The zero-order valence-electron chi connectivity index (χ0n) is 16.6. The van der Waals surface area contributed by atoms with Crippen LogP contribution in [0.25, 0.3) is 11.4 Å². The molecule has 2 aromatic heterocycles. The summed E-state index contributed by atoms with van der Waals surface area (Å²) in [6.45, 7) is 3.10. The predicted molar refractivity (Wildman–Crippen MR) is 111 cm³/mol. The van der Waals surface area contributed by atoms with Crippen molar-refractivity contribution in [2.24, 2.45) is 0 Å². The van der Waals surface area contributed by atoms with Crippen molar-refractivity contribution < 1.29 is 18.5 Å². The van der Waals surface area contributed by atoms with E-state index < -0.39 is 0 Å². The Balaban J connectivity index is 1.36. The van der Waals surface area contributed by atoms with E-state index in [2.05, 4.69) is 10.1 Å². The zero-order valence-corrected chi connectivity index (χ0v) is 17.5. The minimum atomic E-state index is -0.361. The van der Waals surface area contributed by atoms with Gasteiger partial charge >= 0.3 is 0 Å². The smallest absolute Gasteiger partial charge is 0.231 e. The van der Waals surface area contributed by atoms with Gasteiger partial charge in [-0.2, -0.15) is 4.98 Å². The number of aryl methyl sites for hydroxylation is 1. The molecule has 6 nitrogen and oxygen atoms in total. The average Bonchev–Trinajstić information content (AvgIpc) is 3.41. The largest absolute Gasteiger partial charge is 0.342 e. The molecule has 4 rings (SSSR count). The Hall–Kier alpha value is -2.87. The fourth-order valence-electron chi connectivity index (χ4n) is 3.64. The molecule has 8 heteroatoms. The lowest BCUT2D eigenvalue weighted by molar-refractivity contribution is -0.132. The molecule has 0 saturated carbocycles. The van der Waals surface area contributed by atoms with Gasteiger partial charge in [0.25, 0.3) is 0 Å².